The van der Waals surface area contributed by atoms with Crippen LogP contribution in [0, 0.1) is 5.92 Å². The van der Waals surface area contributed by atoms with Crippen LogP contribution >= 0.6 is 0 Å². The average Bonchev–Trinajstić information content (AvgIpc) is 2.45. The number of aliphatic hydroxyl groups is 1. The van der Waals surface area contributed by atoms with E-state index in [1.165, 1.54) is 0 Å². The van der Waals surface area contributed by atoms with Crippen LogP contribution in [0.4, 0.5) is 0 Å². The Morgan fingerprint density at radius 2 is 2.15 bits per heavy atom. The number of nitrogens with one attached hydrogen (secondary N) is 1. The number of aliphatic hydroxyl groups excluding tert-OH is 1. The van der Waals surface area contributed by atoms with Crippen LogP contribution in [0.15, 0.2) is 24.4 Å². The monoisotopic (exact) mass is 300 g/mol. The Hall–Kier alpha value is -0.980. The lowest BCUT2D eigenvalue weighted by Gasteiger charge is -2.15. The van der Waals surface area contributed by atoms with Gasteiger partial charge in [0.2, 0.25) is 10.0 Å². The zero-order chi connectivity index (χ0) is 14.8. The van der Waals surface area contributed by atoms with Gasteiger partial charge in [0.25, 0.3) is 0 Å². The molecule has 0 saturated carbocycles. The number of nitrogens with zero attached hydrogens (tertiary/aromatic N) is 1. The first-order chi connectivity index (χ1) is 9.57. The molecule has 1 atom stereocenters. The standard InChI is InChI=1S/C14H24N2O3S/c1-2-5-13(7-10-17)12-16-20(18,19)11-8-14-6-3-4-9-15-14/h3-4,6,9,13,16-17H,2,5,7-8,10-12H2,1H3. The predicted molar refractivity (Wildman–Crippen MR) is 79.8 cm³/mol. The highest BCUT2D eigenvalue weighted by molar-refractivity contribution is 7.89. The van der Waals surface area contributed by atoms with Gasteiger partial charge in [0.15, 0.2) is 0 Å². The van der Waals surface area contributed by atoms with Crippen molar-refractivity contribution in [3.05, 3.63) is 30.1 Å². The topological polar surface area (TPSA) is 79.3 Å². The van der Waals surface area contributed by atoms with E-state index in [4.69, 9.17) is 5.11 Å². The number of aryl methyl sites for hydroxylation is 1. The second-order valence-electron chi connectivity index (χ2n) is 4.91. The summed E-state index contributed by atoms with van der Waals surface area (Å²) in [6.45, 7) is 2.55. The summed E-state index contributed by atoms with van der Waals surface area (Å²) < 4.78 is 26.5. The highest BCUT2D eigenvalue weighted by Gasteiger charge is 2.14. The molecule has 5 nitrogen and oxygen atoms in total. The second-order valence-corrected chi connectivity index (χ2v) is 6.83. The molecule has 2 N–H and O–H groups in total. The Morgan fingerprint density at radius 3 is 2.75 bits per heavy atom. The first-order valence-electron chi connectivity index (χ1n) is 7.05. The van der Waals surface area contributed by atoms with Gasteiger partial charge in [0.05, 0.1) is 5.75 Å². The third kappa shape index (κ3) is 6.98. The Balaban J connectivity index is 2.40. The van der Waals surface area contributed by atoms with E-state index < -0.39 is 10.0 Å². The molecule has 1 unspecified atom stereocenters. The highest BCUT2D eigenvalue weighted by atomic mass is 32.2. The van der Waals surface area contributed by atoms with E-state index in [1.807, 2.05) is 12.1 Å². The molecule has 0 amide bonds. The van der Waals surface area contributed by atoms with E-state index in [0.717, 1.165) is 18.5 Å². The van der Waals surface area contributed by atoms with Crippen molar-refractivity contribution in [1.82, 2.24) is 9.71 Å². The Labute approximate surface area is 121 Å². The van der Waals surface area contributed by atoms with Crippen molar-refractivity contribution in [3.63, 3.8) is 0 Å². The van der Waals surface area contributed by atoms with Gasteiger partial charge in [-0.15, -0.1) is 0 Å². The minimum atomic E-state index is -3.28. The lowest BCUT2D eigenvalue weighted by molar-refractivity contribution is 0.251. The fourth-order valence-electron chi connectivity index (χ4n) is 2.04. The van der Waals surface area contributed by atoms with Gasteiger partial charge in [-0.2, -0.15) is 0 Å². The molecule has 20 heavy (non-hydrogen) atoms. The van der Waals surface area contributed by atoms with Crippen LogP contribution in [0.3, 0.4) is 0 Å². The molecule has 1 rings (SSSR count). The summed E-state index contributed by atoms with van der Waals surface area (Å²) in [6.07, 6.45) is 4.61. The summed E-state index contributed by atoms with van der Waals surface area (Å²) in [7, 11) is -3.28. The van der Waals surface area contributed by atoms with Gasteiger partial charge < -0.3 is 5.11 Å². The number of hydrogen-bond acceptors (Lipinski definition) is 4. The number of rotatable bonds is 10. The molecule has 0 aliphatic rings. The molecule has 6 heteroatoms. The van der Waals surface area contributed by atoms with Gasteiger partial charge in [-0.25, -0.2) is 13.1 Å². The lowest BCUT2D eigenvalue weighted by Crippen LogP contribution is -2.32. The molecule has 1 aromatic rings. The summed E-state index contributed by atoms with van der Waals surface area (Å²) in [5.41, 5.74) is 0.776. The maximum atomic E-state index is 11.9. The quantitative estimate of drug-likeness (QED) is 0.683. The Bertz CT molecular complexity index is 457. The summed E-state index contributed by atoms with van der Waals surface area (Å²) in [5, 5.41) is 8.96. The molecule has 0 aliphatic heterocycles. The van der Waals surface area contributed by atoms with Crippen molar-refractivity contribution < 1.29 is 13.5 Å². The van der Waals surface area contributed by atoms with Crippen LogP contribution in [-0.4, -0.2) is 37.4 Å². The summed E-state index contributed by atoms with van der Waals surface area (Å²) >= 11 is 0. The molecule has 0 spiro atoms. The van der Waals surface area contributed by atoms with Crippen molar-refractivity contribution in [2.24, 2.45) is 5.92 Å². The van der Waals surface area contributed by atoms with E-state index in [2.05, 4.69) is 16.6 Å². The van der Waals surface area contributed by atoms with E-state index in [1.54, 1.807) is 12.3 Å². The molecule has 1 heterocycles. The predicted octanol–water partition coefficient (Wildman–Crippen LogP) is 1.34. The van der Waals surface area contributed by atoms with E-state index in [-0.39, 0.29) is 18.3 Å². The number of aromatic nitrogens is 1. The smallest absolute Gasteiger partial charge is 0.211 e. The third-order valence-corrected chi connectivity index (χ3v) is 4.53. The summed E-state index contributed by atoms with van der Waals surface area (Å²) in [5.74, 6) is 0.247. The Kier molecular flexibility index (Phi) is 7.72. The molecular weight excluding hydrogens is 276 g/mol. The van der Waals surface area contributed by atoms with Crippen molar-refractivity contribution >= 4 is 10.0 Å². The van der Waals surface area contributed by atoms with Gasteiger partial charge in [-0.3, -0.25) is 4.98 Å². The van der Waals surface area contributed by atoms with Crippen LogP contribution in [0.1, 0.15) is 31.9 Å². The van der Waals surface area contributed by atoms with Crippen LogP contribution in [0.2, 0.25) is 0 Å². The summed E-state index contributed by atoms with van der Waals surface area (Å²) in [6, 6.07) is 5.47. The fourth-order valence-corrected chi connectivity index (χ4v) is 3.15. The maximum absolute atomic E-state index is 11.9. The van der Waals surface area contributed by atoms with E-state index in [9.17, 15) is 8.42 Å². The third-order valence-electron chi connectivity index (χ3n) is 3.18. The van der Waals surface area contributed by atoms with Gasteiger partial charge in [-0.1, -0.05) is 19.4 Å². The first kappa shape index (κ1) is 17.1. The zero-order valence-corrected chi connectivity index (χ0v) is 12.8. The Morgan fingerprint density at radius 1 is 1.35 bits per heavy atom. The lowest BCUT2D eigenvalue weighted by atomic mass is 10.0. The molecule has 0 saturated heterocycles. The van der Waals surface area contributed by atoms with Crippen LogP contribution < -0.4 is 4.72 Å². The van der Waals surface area contributed by atoms with Crippen LogP contribution in [0.5, 0.6) is 0 Å². The van der Waals surface area contributed by atoms with Gasteiger partial charge in [-0.05, 0) is 30.9 Å². The normalized spacial score (nSPS) is 13.3. The van der Waals surface area contributed by atoms with Crippen LogP contribution in [-0.2, 0) is 16.4 Å². The number of sulfonamides is 1. The van der Waals surface area contributed by atoms with Crippen LogP contribution in [0.25, 0.3) is 0 Å². The highest BCUT2D eigenvalue weighted by Crippen LogP contribution is 2.10. The molecule has 1 aromatic heterocycles. The van der Waals surface area contributed by atoms with Gasteiger partial charge in [0.1, 0.15) is 0 Å². The second kappa shape index (κ2) is 9.05. The van der Waals surface area contributed by atoms with Gasteiger partial charge in [0, 0.05) is 31.5 Å². The molecule has 0 radical (unpaired) electrons. The van der Waals surface area contributed by atoms with Crippen molar-refractivity contribution in [2.75, 3.05) is 18.9 Å². The number of hydrogen-bond donors (Lipinski definition) is 2. The number of pyridine rings is 1. The minimum absolute atomic E-state index is 0.0436. The largest absolute Gasteiger partial charge is 0.396 e. The molecular formula is C14H24N2O3S. The van der Waals surface area contributed by atoms with Gasteiger partial charge >= 0.3 is 0 Å². The first-order valence-corrected chi connectivity index (χ1v) is 8.70. The van der Waals surface area contributed by atoms with Crippen molar-refractivity contribution in [2.45, 2.75) is 32.6 Å². The molecule has 0 aromatic carbocycles. The van der Waals surface area contributed by atoms with E-state index >= 15 is 0 Å². The maximum Gasteiger partial charge on any atom is 0.211 e. The zero-order valence-electron chi connectivity index (χ0n) is 12.0. The minimum Gasteiger partial charge on any atom is -0.396 e. The van der Waals surface area contributed by atoms with Crippen molar-refractivity contribution in [3.8, 4) is 0 Å². The molecule has 0 aliphatic carbocycles. The molecule has 0 fully saturated rings. The molecule has 114 valence electrons. The average molecular weight is 300 g/mol. The van der Waals surface area contributed by atoms with E-state index in [0.29, 0.717) is 19.4 Å². The van der Waals surface area contributed by atoms with Crippen molar-refractivity contribution in [1.29, 1.82) is 0 Å². The fraction of sp³-hybridized carbons (Fsp3) is 0.643. The molecule has 0 bridgehead atoms. The SMILES string of the molecule is CCCC(CCO)CNS(=O)(=O)CCc1ccccn1. The summed E-state index contributed by atoms with van der Waals surface area (Å²) in [4.78, 5) is 4.11.